The minimum atomic E-state index is -0.617. The molecule has 4 nitrogen and oxygen atoms in total. The highest BCUT2D eigenvalue weighted by Gasteiger charge is 2.19. The first-order chi connectivity index (χ1) is 9.54. The zero-order valence-corrected chi connectivity index (χ0v) is 12.1. The van der Waals surface area contributed by atoms with Gasteiger partial charge in [-0.25, -0.2) is 4.79 Å². The van der Waals surface area contributed by atoms with Gasteiger partial charge in [0.1, 0.15) is 11.3 Å². The fourth-order valence-electron chi connectivity index (χ4n) is 1.75. The second kappa shape index (κ2) is 6.11. The van der Waals surface area contributed by atoms with Gasteiger partial charge in [0, 0.05) is 11.8 Å². The van der Waals surface area contributed by atoms with Crippen LogP contribution in [0.15, 0.2) is 30.6 Å². The van der Waals surface area contributed by atoms with Crippen LogP contribution in [0.1, 0.15) is 17.3 Å². The monoisotopic (exact) mass is 311 g/mol. The highest BCUT2D eigenvalue weighted by atomic mass is 35.5. The van der Waals surface area contributed by atoms with Gasteiger partial charge in [0.15, 0.2) is 0 Å². The first-order valence-electron chi connectivity index (χ1n) is 5.84. The fraction of sp³-hybridized carbons (Fsp3) is 0.143. The molecule has 0 saturated heterocycles. The summed E-state index contributed by atoms with van der Waals surface area (Å²) in [6.07, 6.45) is 2.65. The van der Waals surface area contributed by atoms with Gasteiger partial charge < -0.3 is 9.84 Å². The summed E-state index contributed by atoms with van der Waals surface area (Å²) >= 11 is 11.8. The molecule has 0 fully saturated rings. The minimum absolute atomic E-state index is 0.0558. The largest absolute Gasteiger partial charge is 0.505 e. The lowest BCUT2D eigenvalue weighted by Gasteiger charge is -2.10. The molecule has 104 valence electrons. The van der Waals surface area contributed by atoms with E-state index in [0.717, 1.165) is 0 Å². The molecule has 0 radical (unpaired) electrons. The van der Waals surface area contributed by atoms with Gasteiger partial charge in [-0.05, 0) is 24.6 Å². The number of aromatic nitrogens is 1. The van der Waals surface area contributed by atoms with E-state index >= 15 is 0 Å². The Morgan fingerprint density at radius 3 is 2.70 bits per heavy atom. The smallest absolute Gasteiger partial charge is 0.342 e. The number of hydrogen-bond donors (Lipinski definition) is 1. The van der Waals surface area contributed by atoms with Gasteiger partial charge in [-0.2, -0.15) is 0 Å². The molecule has 0 spiro atoms. The van der Waals surface area contributed by atoms with Crippen molar-refractivity contribution < 1.29 is 14.6 Å². The van der Waals surface area contributed by atoms with Crippen molar-refractivity contribution in [1.29, 1.82) is 0 Å². The van der Waals surface area contributed by atoms with Crippen LogP contribution in [0.25, 0.3) is 11.1 Å². The molecule has 2 aromatic rings. The summed E-state index contributed by atoms with van der Waals surface area (Å²) in [7, 11) is 0. The minimum Gasteiger partial charge on any atom is -0.505 e. The van der Waals surface area contributed by atoms with E-state index in [1.807, 2.05) is 0 Å². The van der Waals surface area contributed by atoms with Gasteiger partial charge in [0.05, 0.1) is 22.8 Å². The third-order valence-corrected chi connectivity index (χ3v) is 3.38. The Labute approximate surface area is 125 Å². The molecule has 0 aliphatic heterocycles. The van der Waals surface area contributed by atoms with E-state index in [1.165, 1.54) is 12.4 Å². The lowest BCUT2D eigenvalue weighted by atomic mass is 10.0. The number of carbonyl (C=O) groups excluding carboxylic acids is 1. The van der Waals surface area contributed by atoms with Crippen LogP contribution in [0.3, 0.4) is 0 Å². The van der Waals surface area contributed by atoms with Gasteiger partial charge in [-0.15, -0.1) is 0 Å². The van der Waals surface area contributed by atoms with E-state index in [2.05, 4.69) is 4.98 Å². The molecule has 1 aromatic heterocycles. The molecule has 6 heteroatoms. The maximum atomic E-state index is 11.9. The fourth-order valence-corrected chi connectivity index (χ4v) is 2.05. The van der Waals surface area contributed by atoms with Gasteiger partial charge in [-0.3, -0.25) is 4.98 Å². The standard InChI is InChI=1S/C14H11Cl2NO3/c1-2-20-14(19)13-9(6-17-7-12(13)18)8-3-4-10(15)11(16)5-8/h3-7,18H,2H2,1H3. The SMILES string of the molecule is CCOC(=O)c1c(O)cncc1-c1ccc(Cl)c(Cl)c1. The number of pyridine rings is 1. The van der Waals surface area contributed by atoms with Crippen LogP contribution in [-0.4, -0.2) is 22.7 Å². The molecule has 0 saturated carbocycles. The Kier molecular flexibility index (Phi) is 4.47. The summed E-state index contributed by atoms with van der Waals surface area (Å²) < 4.78 is 4.94. The Bertz CT molecular complexity index is 659. The first-order valence-corrected chi connectivity index (χ1v) is 6.59. The Morgan fingerprint density at radius 1 is 1.30 bits per heavy atom. The van der Waals surface area contributed by atoms with E-state index in [9.17, 15) is 9.90 Å². The van der Waals surface area contributed by atoms with Crippen molar-refractivity contribution in [3.8, 4) is 16.9 Å². The van der Waals surface area contributed by atoms with Crippen LogP contribution in [0, 0.1) is 0 Å². The molecule has 0 bridgehead atoms. The Hall–Kier alpha value is -1.78. The maximum absolute atomic E-state index is 11.9. The number of halogens is 2. The summed E-state index contributed by atoms with van der Waals surface area (Å²) in [6.45, 7) is 1.90. The third-order valence-electron chi connectivity index (χ3n) is 2.64. The molecule has 1 N–H and O–H groups in total. The maximum Gasteiger partial charge on any atom is 0.342 e. The van der Waals surface area contributed by atoms with Gasteiger partial charge in [-0.1, -0.05) is 29.3 Å². The molecule has 20 heavy (non-hydrogen) atoms. The molecule has 2 rings (SSSR count). The van der Waals surface area contributed by atoms with Gasteiger partial charge >= 0.3 is 5.97 Å². The number of hydrogen-bond acceptors (Lipinski definition) is 4. The average Bonchev–Trinajstić information content (AvgIpc) is 2.41. The van der Waals surface area contributed by atoms with Crippen LogP contribution >= 0.6 is 23.2 Å². The molecule has 1 heterocycles. The predicted molar refractivity (Wildman–Crippen MR) is 77.3 cm³/mol. The molecule has 0 aliphatic rings. The van der Waals surface area contributed by atoms with Crippen LogP contribution < -0.4 is 0 Å². The number of benzene rings is 1. The summed E-state index contributed by atoms with van der Waals surface area (Å²) in [5, 5.41) is 10.6. The highest BCUT2D eigenvalue weighted by molar-refractivity contribution is 6.42. The first kappa shape index (κ1) is 14.6. The predicted octanol–water partition coefficient (Wildman–Crippen LogP) is 3.94. The van der Waals surface area contributed by atoms with Crippen molar-refractivity contribution in [2.45, 2.75) is 6.92 Å². The zero-order chi connectivity index (χ0) is 14.7. The Balaban J connectivity index is 2.58. The summed E-state index contributed by atoms with van der Waals surface area (Å²) in [5.74, 6) is -0.861. The average molecular weight is 312 g/mol. The van der Waals surface area contributed by atoms with E-state index in [0.29, 0.717) is 21.2 Å². The molecule has 0 amide bonds. The normalized spacial score (nSPS) is 10.3. The number of esters is 1. The van der Waals surface area contributed by atoms with E-state index in [-0.39, 0.29) is 17.9 Å². The zero-order valence-electron chi connectivity index (χ0n) is 10.6. The van der Waals surface area contributed by atoms with Crippen molar-refractivity contribution in [2.24, 2.45) is 0 Å². The number of ether oxygens (including phenoxy) is 1. The third kappa shape index (κ3) is 2.86. The summed E-state index contributed by atoms with van der Waals surface area (Å²) in [5.41, 5.74) is 1.10. The van der Waals surface area contributed by atoms with Crippen molar-refractivity contribution in [1.82, 2.24) is 4.98 Å². The number of aromatic hydroxyl groups is 1. The topological polar surface area (TPSA) is 59.4 Å². The lowest BCUT2D eigenvalue weighted by molar-refractivity contribution is 0.0524. The quantitative estimate of drug-likeness (QED) is 0.872. The van der Waals surface area contributed by atoms with E-state index in [1.54, 1.807) is 25.1 Å². The van der Waals surface area contributed by atoms with Crippen LogP contribution in [-0.2, 0) is 4.74 Å². The second-order valence-electron chi connectivity index (χ2n) is 3.93. The molecule has 0 atom stereocenters. The van der Waals surface area contributed by atoms with Crippen molar-refractivity contribution >= 4 is 29.2 Å². The lowest BCUT2D eigenvalue weighted by Crippen LogP contribution is -2.07. The summed E-state index contributed by atoms with van der Waals surface area (Å²) in [4.78, 5) is 15.8. The van der Waals surface area contributed by atoms with E-state index in [4.69, 9.17) is 27.9 Å². The van der Waals surface area contributed by atoms with Gasteiger partial charge in [0.2, 0.25) is 0 Å². The van der Waals surface area contributed by atoms with Crippen LogP contribution in [0.2, 0.25) is 10.0 Å². The number of nitrogens with zero attached hydrogens (tertiary/aromatic N) is 1. The number of carbonyl (C=O) groups is 1. The van der Waals surface area contributed by atoms with Crippen LogP contribution in [0.4, 0.5) is 0 Å². The molecule has 0 unspecified atom stereocenters. The Morgan fingerprint density at radius 2 is 2.05 bits per heavy atom. The second-order valence-corrected chi connectivity index (χ2v) is 4.74. The van der Waals surface area contributed by atoms with Crippen molar-refractivity contribution in [3.63, 3.8) is 0 Å². The summed E-state index contributed by atoms with van der Waals surface area (Å²) in [6, 6.07) is 4.90. The molecule has 0 aliphatic carbocycles. The molecular formula is C14H11Cl2NO3. The highest BCUT2D eigenvalue weighted by Crippen LogP contribution is 2.33. The van der Waals surface area contributed by atoms with Crippen LogP contribution in [0.5, 0.6) is 5.75 Å². The van der Waals surface area contributed by atoms with Gasteiger partial charge in [0.25, 0.3) is 0 Å². The van der Waals surface area contributed by atoms with Crippen molar-refractivity contribution in [2.75, 3.05) is 6.61 Å². The van der Waals surface area contributed by atoms with E-state index < -0.39 is 5.97 Å². The van der Waals surface area contributed by atoms with Crippen molar-refractivity contribution in [3.05, 3.63) is 46.2 Å². The molecule has 1 aromatic carbocycles. The number of rotatable bonds is 3. The molecular weight excluding hydrogens is 301 g/mol.